The number of carbonyl (C=O) groups excluding carboxylic acids is 1. The molecule has 2 heterocycles. The van der Waals surface area contributed by atoms with Gasteiger partial charge in [-0.05, 0) is 52.5 Å². The summed E-state index contributed by atoms with van der Waals surface area (Å²) in [4.78, 5) is 18.8. The summed E-state index contributed by atoms with van der Waals surface area (Å²) in [6.07, 6.45) is 6.60. The number of halogens is 2. The molecule has 1 aliphatic heterocycles. The largest absolute Gasteiger partial charge is 0.338 e. The third-order valence-corrected chi connectivity index (χ3v) is 4.94. The maximum atomic E-state index is 12.8. The van der Waals surface area contributed by atoms with Gasteiger partial charge in [0.1, 0.15) is 0 Å². The molecule has 1 fully saturated rings. The summed E-state index contributed by atoms with van der Waals surface area (Å²) < 4.78 is 0.826. The van der Waals surface area contributed by atoms with Gasteiger partial charge in [0, 0.05) is 40.9 Å². The Morgan fingerprint density at radius 2 is 2.00 bits per heavy atom. The Hall–Kier alpha value is -1.39. The number of nitrogens with zero attached hydrogens (tertiary/aromatic N) is 2. The zero-order valence-electron chi connectivity index (χ0n) is 12.7. The number of hydrogen-bond donors (Lipinski definition) is 0. The fourth-order valence-corrected chi connectivity index (χ4v) is 3.54. The topological polar surface area (TPSA) is 33.2 Å². The monoisotopic (exact) mass is 392 g/mol. The van der Waals surface area contributed by atoms with Gasteiger partial charge in [-0.25, -0.2) is 0 Å². The maximum absolute atomic E-state index is 12.8. The van der Waals surface area contributed by atoms with E-state index in [0.717, 1.165) is 41.8 Å². The van der Waals surface area contributed by atoms with Gasteiger partial charge in [-0.2, -0.15) is 0 Å². The summed E-state index contributed by atoms with van der Waals surface area (Å²) in [5.41, 5.74) is 1.89. The minimum atomic E-state index is 0.0552. The molecule has 1 atom stereocenters. The van der Waals surface area contributed by atoms with E-state index in [0.29, 0.717) is 11.5 Å². The molecule has 1 unspecified atom stereocenters. The van der Waals surface area contributed by atoms with Crippen LogP contribution in [0, 0.1) is 0 Å². The molecule has 0 radical (unpaired) electrons. The number of likely N-dealkylation sites (tertiary alicyclic amines) is 1. The van der Waals surface area contributed by atoms with E-state index in [2.05, 4.69) is 33.0 Å². The van der Waals surface area contributed by atoms with E-state index in [1.54, 1.807) is 12.4 Å². The first kappa shape index (κ1) is 16.5. The smallest absolute Gasteiger partial charge is 0.255 e. The van der Waals surface area contributed by atoms with Crippen LogP contribution in [0.2, 0.25) is 5.02 Å². The number of hydrogen-bond acceptors (Lipinski definition) is 2. The molecule has 1 aliphatic rings. The molecule has 3 rings (SSSR count). The summed E-state index contributed by atoms with van der Waals surface area (Å²) in [6, 6.07) is 9.82. The van der Waals surface area contributed by atoms with E-state index in [9.17, 15) is 4.79 Å². The van der Waals surface area contributed by atoms with Gasteiger partial charge in [-0.3, -0.25) is 9.78 Å². The molecule has 1 aromatic carbocycles. The molecule has 120 valence electrons. The SMILES string of the molecule is O=C(c1cncc(Br)c1)N1CCCCC(c2ccc(Cl)cc2)C1. The van der Waals surface area contributed by atoms with E-state index in [1.165, 1.54) is 5.56 Å². The summed E-state index contributed by atoms with van der Waals surface area (Å²) >= 11 is 9.36. The van der Waals surface area contributed by atoms with Crippen LogP contribution in [0.4, 0.5) is 0 Å². The van der Waals surface area contributed by atoms with Crippen LogP contribution in [0.15, 0.2) is 47.2 Å². The van der Waals surface area contributed by atoms with Crippen LogP contribution < -0.4 is 0 Å². The first-order chi connectivity index (χ1) is 11.1. The van der Waals surface area contributed by atoms with Gasteiger partial charge in [0.25, 0.3) is 5.91 Å². The predicted octanol–water partition coefficient (Wildman–Crippen LogP) is 4.91. The first-order valence-corrected chi connectivity index (χ1v) is 8.96. The van der Waals surface area contributed by atoms with Crippen molar-refractivity contribution in [2.24, 2.45) is 0 Å². The third-order valence-electron chi connectivity index (χ3n) is 4.25. The number of carbonyl (C=O) groups is 1. The predicted molar refractivity (Wildman–Crippen MR) is 95.9 cm³/mol. The van der Waals surface area contributed by atoms with Crippen molar-refractivity contribution in [1.29, 1.82) is 0 Å². The second kappa shape index (κ2) is 7.45. The maximum Gasteiger partial charge on any atom is 0.255 e. The molecule has 1 amide bonds. The number of rotatable bonds is 2. The second-order valence-electron chi connectivity index (χ2n) is 5.89. The minimum Gasteiger partial charge on any atom is -0.338 e. The van der Waals surface area contributed by atoms with Crippen LogP contribution in [-0.4, -0.2) is 28.9 Å². The molecule has 5 heteroatoms. The van der Waals surface area contributed by atoms with Crippen LogP contribution in [0.5, 0.6) is 0 Å². The van der Waals surface area contributed by atoms with Crippen molar-refractivity contribution in [3.05, 3.63) is 63.3 Å². The van der Waals surface area contributed by atoms with E-state index in [4.69, 9.17) is 11.6 Å². The first-order valence-electron chi connectivity index (χ1n) is 7.79. The van der Waals surface area contributed by atoms with Crippen molar-refractivity contribution in [2.75, 3.05) is 13.1 Å². The van der Waals surface area contributed by atoms with Crippen molar-refractivity contribution >= 4 is 33.4 Å². The van der Waals surface area contributed by atoms with Crippen molar-refractivity contribution in [2.45, 2.75) is 25.2 Å². The fourth-order valence-electron chi connectivity index (χ4n) is 3.04. The lowest BCUT2D eigenvalue weighted by Crippen LogP contribution is -2.34. The van der Waals surface area contributed by atoms with Crippen LogP contribution in [0.3, 0.4) is 0 Å². The van der Waals surface area contributed by atoms with Crippen molar-refractivity contribution in [3.63, 3.8) is 0 Å². The van der Waals surface area contributed by atoms with E-state index >= 15 is 0 Å². The van der Waals surface area contributed by atoms with Gasteiger partial charge in [-0.1, -0.05) is 30.2 Å². The Bertz CT molecular complexity index is 690. The van der Waals surface area contributed by atoms with Crippen LogP contribution >= 0.6 is 27.5 Å². The van der Waals surface area contributed by atoms with Crippen molar-refractivity contribution in [3.8, 4) is 0 Å². The Morgan fingerprint density at radius 1 is 1.22 bits per heavy atom. The normalized spacial score (nSPS) is 18.5. The zero-order chi connectivity index (χ0) is 16.2. The standard InChI is InChI=1S/C18H18BrClN2O/c19-16-9-15(10-21-11-16)18(23)22-8-2-1-3-14(12-22)13-4-6-17(20)7-5-13/h4-7,9-11,14H,1-3,8,12H2. The number of amides is 1. The quantitative estimate of drug-likeness (QED) is 0.726. The molecule has 0 saturated carbocycles. The minimum absolute atomic E-state index is 0.0552. The molecule has 1 aromatic heterocycles. The highest BCUT2D eigenvalue weighted by molar-refractivity contribution is 9.10. The van der Waals surface area contributed by atoms with Gasteiger partial charge in [0.15, 0.2) is 0 Å². The average Bonchev–Trinajstić information content (AvgIpc) is 2.81. The molecule has 1 saturated heterocycles. The van der Waals surface area contributed by atoms with Gasteiger partial charge >= 0.3 is 0 Å². The lowest BCUT2D eigenvalue weighted by Gasteiger charge is -2.25. The summed E-state index contributed by atoms with van der Waals surface area (Å²) in [5.74, 6) is 0.415. The van der Waals surface area contributed by atoms with E-state index < -0.39 is 0 Å². The van der Waals surface area contributed by atoms with Gasteiger partial charge in [-0.15, -0.1) is 0 Å². The molecular weight excluding hydrogens is 376 g/mol. The summed E-state index contributed by atoms with van der Waals surface area (Å²) in [7, 11) is 0. The Kier molecular flexibility index (Phi) is 5.34. The van der Waals surface area contributed by atoms with Gasteiger partial charge < -0.3 is 4.90 Å². The van der Waals surface area contributed by atoms with E-state index in [1.807, 2.05) is 23.1 Å². The highest BCUT2D eigenvalue weighted by Gasteiger charge is 2.24. The lowest BCUT2D eigenvalue weighted by atomic mass is 9.94. The number of aromatic nitrogens is 1. The third kappa shape index (κ3) is 4.12. The highest BCUT2D eigenvalue weighted by atomic mass is 79.9. The molecule has 0 N–H and O–H groups in total. The fraction of sp³-hybridized carbons (Fsp3) is 0.333. The van der Waals surface area contributed by atoms with Gasteiger partial charge in [0.05, 0.1) is 5.56 Å². The molecule has 0 spiro atoms. The van der Waals surface area contributed by atoms with E-state index in [-0.39, 0.29) is 5.91 Å². The van der Waals surface area contributed by atoms with Crippen molar-refractivity contribution in [1.82, 2.24) is 9.88 Å². The molecule has 2 aromatic rings. The molecule has 3 nitrogen and oxygen atoms in total. The average molecular weight is 394 g/mol. The van der Waals surface area contributed by atoms with Crippen LogP contribution in [0.1, 0.15) is 41.1 Å². The Balaban J connectivity index is 1.79. The molecule has 23 heavy (non-hydrogen) atoms. The molecular formula is C18H18BrClN2O. The molecule has 0 bridgehead atoms. The molecule has 0 aliphatic carbocycles. The summed E-state index contributed by atoms with van der Waals surface area (Å²) in [5, 5.41) is 0.746. The number of pyridine rings is 1. The second-order valence-corrected chi connectivity index (χ2v) is 7.24. The lowest BCUT2D eigenvalue weighted by molar-refractivity contribution is 0.0754. The zero-order valence-corrected chi connectivity index (χ0v) is 15.1. The van der Waals surface area contributed by atoms with Crippen molar-refractivity contribution < 1.29 is 4.79 Å². The van der Waals surface area contributed by atoms with Crippen LogP contribution in [0.25, 0.3) is 0 Å². The van der Waals surface area contributed by atoms with Gasteiger partial charge in [0.2, 0.25) is 0 Å². The summed E-state index contributed by atoms with van der Waals surface area (Å²) in [6.45, 7) is 1.54. The Morgan fingerprint density at radius 3 is 2.74 bits per heavy atom. The Labute approximate surface area is 149 Å². The van der Waals surface area contributed by atoms with Crippen LogP contribution in [-0.2, 0) is 0 Å². The number of benzene rings is 1. The highest BCUT2D eigenvalue weighted by Crippen LogP contribution is 2.28.